The summed E-state index contributed by atoms with van der Waals surface area (Å²) in [6.45, 7) is 4.53. The quantitative estimate of drug-likeness (QED) is 0.312. The predicted octanol–water partition coefficient (Wildman–Crippen LogP) is 6.61. The van der Waals surface area contributed by atoms with Crippen molar-refractivity contribution in [3.05, 3.63) is 35.4 Å². The summed E-state index contributed by atoms with van der Waals surface area (Å²) < 4.78 is 5.84. The molecule has 0 aromatic heterocycles. The number of benzene rings is 1. The minimum Gasteiger partial charge on any atom is -0.365 e. The Balaban J connectivity index is 1.64. The van der Waals surface area contributed by atoms with Crippen LogP contribution in [-0.2, 0) is 11.2 Å². The van der Waals surface area contributed by atoms with E-state index in [0.717, 1.165) is 0 Å². The molecule has 0 amide bonds. The van der Waals surface area contributed by atoms with Crippen LogP contribution in [0, 0.1) is 0 Å². The van der Waals surface area contributed by atoms with E-state index < -0.39 is 0 Å². The number of hydrogen-bond acceptors (Lipinski definition) is 1. The standard InChI is InChI=1S/C21H34O/c1-3-5-7-8-9-10-11-13-18-14-12-15-19(17-18)21-20(22-21)16-6-4-2/h12,14-15,17,20-21H,3-11,13,16H2,1-2H3. The van der Waals surface area contributed by atoms with Crippen molar-refractivity contribution in [2.24, 2.45) is 0 Å². The van der Waals surface area contributed by atoms with Crippen molar-refractivity contribution >= 4 is 0 Å². The highest BCUT2D eigenvalue weighted by molar-refractivity contribution is 5.28. The molecule has 1 saturated heterocycles. The first kappa shape index (κ1) is 17.5. The van der Waals surface area contributed by atoms with E-state index in [1.807, 2.05) is 0 Å². The Kier molecular flexibility index (Phi) is 8.01. The zero-order valence-electron chi connectivity index (χ0n) is 14.7. The van der Waals surface area contributed by atoms with E-state index in [0.29, 0.717) is 12.2 Å². The van der Waals surface area contributed by atoms with E-state index in [4.69, 9.17) is 4.74 Å². The van der Waals surface area contributed by atoms with Gasteiger partial charge >= 0.3 is 0 Å². The van der Waals surface area contributed by atoms with Crippen molar-refractivity contribution in [1.82, 2.24) is 0 Å². The van der Waals surface area contributed by atoms with E-state index in [1.54, 1.807) is 0 Å². The van der Waals surface area contributed by atoms with Crippen LogP contribution in [0.3, 0.4) is 0 Å². The van der Waals surface area contributed by atoms with Gasteiger partial charge in [-0.25, -0.2) is 0 Å². The van der Waals surface area contributed by atoms with Gasteiger partial charge in [0, 0.05) is 0 Å². The largest absolute Gasteiger partial charge is 0.365 e. The fraction of sp³-hybridized carbons (Fsp3) is 0.714. The van der Waals surface area contributed by atoms with E-state index in [-0.39, 0.29) is 0 Å². The molecule has 1 aromatic rings. The van der Waals surface area contributed by atoms with Crippen LogP contribution >= 0.6 is 0 Å². The molecular formula is C21H34O. The van der Waals surface area contributed by atoms with Gasteiger partial charge in [0.2, 0.25) is 0 Å². The molecule has 124 valence electrons. The van der Waals surface area contributed by atoms with Gasteiger partial charge in [0.25, 0.3) is 0 Å². The first-order valence-corrected chi connectivity index (χ1v) is 9.59. The second-order valence-electron chi connectivity index (χ2n) is 6.85. The lowest BCUT2D eigenvalue weighted by atomic mass is 10.0. The van der Waals surface area contributed by atoms with Crippen LogP contribution in [0.25, 0.3) is 0 Å². The van der Waals surface area contributed by atoms with Crippen LogP contribution in [0.2, 0.25) is 0 Å². The van der Waals surface area contributed by atoms with Crippen molar-refractivity contribution in [3.63, 3.8) is 0 Å². The fourth-order valence-corrected chi connectivity index (χ4v) is 3.27. The number of ether oxygens (including phenoxy) is 1. The van der Waals surface area contributed by atoms with Crippen molar-refractivity contribution < 1.29 is 4.74 Å². The lowest BCUT2D eigenvalue weighted by Crippen LogP contribution is -1.92. The third-order valence-corrected chi connectivity index (χ3v) is 4.77. The number of unbranched alkanes of at least 4 members (excludes halogenated alkanes) is 7. The molecule has 1 heterocycles. The Hall–Kier alpha value is -0.820. The van der Waals surface area contributed by atoms with Crippen LogP contribution in [0.15, 0.2) is 24.3 Å². The SMILES string of the molecule is CCCCCCCCCc1cccc(C2OC2CCCC)c1. The average Bonchev–Trinajstić information content (AvgIpc) is 3.32. The van der Waals surface area contributed by atoms with Gasteiger partial charge in [-0.1, -0.05) is 89.5 Å². The molecule has 22 heavy (non-hydrogen) atoms. The fourth-order valence-electron chi connectivity index (χ4n) is 3.27. The zero-order valence-corrected chi connectivity index (χ0v) is 14.7. The van der Waals surface area contributed by atoms with Crippen molar-refractivity contribution in [3.8, 4) is 0 Å². The average molecular weight is 303 g/mol. The molecule has 1 aliphatic heterocycles. The normalized spacial score (nSPS) is 20.3. The van der Waals surface area contributed by atoms with Gasteiger partial charge in [-0.3, -0.25) is 0 Å². The summed E-state index contributed by atoms with van der Waals surface area (Å²) >= 11 is 0. The molecule has 1 aromatic carbocycles. The smallest absolute Gasteiger partial charge is 0.109 e. The second kappa shape index (κ2) is 10.0. The number of hydrogen-bond donors (Lipinski definition) is 0. The Bertz CT molecular complexity index is 412. The Morgan fingerprint density at radius 3 is 2.36 bits per heavy atom. The number of aryl methyl sites for hydroxylation is 1. The molecule has 0 saturated carbocycles. The first-order chi connectivity index (χ1) is 10.8. The van der Waals surface area contributed by atoms with Gasteiger partial charge in [0.15, 0.2) is 0 Å². The molecule has 2 rings (SSSR count). The van der Waals surface area contributed by atoms with Crippen LogP contribution in [0.1, 0.15) is 95.3 Å². The van der Waals surface area contributed by atoms with Crippen LogP contribution in [0.4, 0.5) is 0 Å². The Morgan fingerprint density at radius 2 is 1.59 bits per heavy atom. The van der Waals surface area contributed by atoms with Gasteiger partial charge in [0.1, 0.15) is 6.10 Å². The highest BCUT2D eigenvalue weighted by atomic mass is 16.6. The monoisotopic (exact) mass is 302 g/mol. The van der Waals surface area contributed by atoms with Gasteiger partial charge in [0.05, 0.1) is 6.10 Å². The maximum atomic E-state index is 5.84. The van der Waals surface area contributed by atoms with E-state index >= 15 is 0 Å². The van der Waals surface area contributed by atoms with Gasteiger partial charge < -0.3 is 4.74 Å². The maximum absolute atomic E-state index is 5.84. The Labute approximate surface area is 137 Å². The third kappa shape index (κ3) is 6.12. The second-order valence-corrected chi connectivity index (χ2v) is 6.85. The molecule has 0 N–H and O–H groups in total. The molecule has 1 aliphatic rings. The van der Waals surface area contributed by atoms with E-state index in [2.05, 4.69) is 38.1 Å². The minimum atomic E-state index is 0.389. The highest BCUT2D eigenvalue weighted by Crippen LogP contribution is 2.41. The molecule has 2 unspecified atom stereocenters. The van der Waals surface area contributed by atoms with Crippen molar-refractivity contribution in [2.75, 3.05) is 0 Å². The van der Waals surface area contributed by atoms with Crippen LogP contribution in [0.5, 0.6) is 0 Å². The van der Waals surface area contributed by atoms with Gasteiger partial charge in [-0.05, 0) is 30.4 Å². The van der Waals surface area contributed by atoms with Crippen LogP contribution in [-0.4, -0.2) is 6.10 Å². The predicted molar refractivity (Wildman–Crippen MR) is 95.3 cm³/mol. The minimum absolute atomic E-state index is 0.389. The summed E-state index contributed by atoms with van der Waals surface area (Å²) in [5, 5.41) is 0. The highest BCUT2D eigenvalue weighted by Gasteiger charge is 2.39. The van der Waals surface area contributed by atoms with Gasteiger partial charge in [-0.15, -0.1) is 0 Å². The molecule has 0 spiro atoms. The number of epoxide rings is 1. The van der Waals surface area contributed by atoms with E-state index in [9.17, 15) is 0 Å². The summed E-state index contributed by atoms with van der Waals surface area (Å²) in [6, 6.07) is 9.12. The number of rotatable bonds is 12. The summed E-state index contributed by atoms with van der Waals surface area (Å²) in [5.41, 5.74) is 2.90. The summed E-state index contributed by atoms with van der Waals surface area (Å²) in [7, 11) is 0. The first-order valence-electron chi connectivity index (χ1n) is 9.59. The Morgan fingerprint density at radius 1 is 0.864 bits per heavy atom. The topological polar surface area (TPSA) is 12.5 Å². The van der Waals surface area contributed by atoms with Gasteiger partial charge in [-0.2, -0.15) is 0 Å². The summed E-state index contributed by atoms with van der Waals surface area (Å²) in [6.07, 6.45) is 15.6. The summed E-state index contributed by atoms with van der Waals surface area (Å²) in [4.78, 5) is 0. The molecule has 0 bridgehead atoms. The van der Waals surface area contributed by atoms with Crippen LogP contribution < -0.4 is 0 Å². The molecule has 2 atom stereocenters. The summed E-state index contributed by atoms with van der Waals surface area (Å²) in [5.74, 6) is 0. The van der Waals surface area contributed by atoms with Crippen molar-refractivity contribution in [2.45, 2.75) is 96.7 Å². The molecule has 1 fully saturated rings. The third-order valence-electron chi connectivity index (χ3n) is 4.77. The molecule has 0 aliphatic carbocycles. The molecule has 1 heteroatoms. The maximum Gasteiger partial charge on any atom is 0.109 e. The molecule has 0 radical (unpaired) electrons. The van der Waals surface area contributed by atoms with E-state index in [1.165, 1.54) is 81.8 Å². The lowest BCUT2D eigenvalue weighted by molar-refractivity contribution is 0.362. The van der Waals surface area contributed by atoms with Crippen molar-refractivity contribution in [1.29, 1.82) is 0 Å². The lowest BCUT2D eigenvalue weighted by Gasteiger charge is -2.04. The zero-order chi connectivity index (χ0) is 15.6. The molecular weight excluding hydrogens is 268 g/mol. The molecule has 1 nitrogen and oxygen atoms in total.